The zero-order valence-corrected chi connectivity index (χ0v) is 8.52. The van der Waals surface area contributed by atoms with E-state index in [9.17, 15) is 8.78 Å². The van der Waals surface area contributed by atoms with Gasteiger partial charge in [0.2, 0.25) is 0 Å². The first-order chi connectivity index (χ1) is 6.77. The number of hydrogen-bond donors (Lipinski definition) is 0. The summed E-state index contributed by atoms with van der Waals surface area (Å²) in [4.78, 5) is 0. The van der Waals surface area contributed by atoms with Gasteiger partial charge in [-0.1, -0.05) is 31.9 Å². The highest BCUT2D eigenvalue weighted by atomic mass is 19.1. The van der Waals surface area contributed by atoms with Gasteiger partial charge >= 0.3 is 0 Å². The first kappa shape index (κ1) is 11.2. The number of benzene rings is 1. The zero-order valence-electron chi connectivity index (χ0n) is 8.52. The van der Waals surface area contributed by atoms with Crippen LogP contribution in [0.1, 0.15) is 37.3 Å². The molecule has 0 aromatic heterocycles. The topological polar surface area (TPSA) is 0 Å². The molecule has 78 valence electrons. The zero-order chi connectivity index (χ0) is 10.4. The van der Waals surface area contributed by atoms with Crippen molar-refractivity contribution in [1.82, 2.24) is 0 Å². The Morgan fingerprint density at radius 2 is 2.00 bits per heavy atom. The van der Waals surface area contributed by atoms with E-state index in [2.05, 4.69) is 6.92 Å². The molecule has 0 N–H and O–H groups in total. The fourth-order valence-corrected chi connectivity index (χ4v) is 1.47. The Morgan fingerprint density at radius 1 is 1.21 bits per heavy atom. The third-order valence-electron chi connectivity index (χ3n) is 2.31. The predicted octanol–water partition coefficient (Wildman–Crippen LogP) is 4.03. The lowest BCUT2D eigenvalue weighted by molar-refractivity contribution is 0.483. The third-order valence-corrected chi connectivity index (χ3v) is 2.31. The van der Waals surface area contributed by atoms with Crippen molar-refractivity contribution in [3.63, 3.8) is 0 Å². The van der Waals surface area contributed by atoms with E-state index in [1.165, 1.54) is 12.1 Å². The number of rotatable bonds is 5. The number of alkyl halides is 1. The molecule has 0 amide bonds. The molecule has 1 rings (SSSR count). The van der Waals surface area contributed by atoms with Crippen molar-refractivity contribution in [1.29, 1.82) is 0 Å². The van der Waals surface area contributed by atoms with Crippen LogP contribution in [0.4, 0.5) is 8.78 Å². The van der Waals surface area contributed by atoms with Crippen LogP contribution in [-0.2, 0) is 13.1 Å². The third kappa shape index (κ3) is 3.09. The SMILES string of the molecule is CCCCCc1cc(CF)ccc1F. The van der Waals surface area contributed by atoms with Crippen molar-refractivity contribution >= 4 is 0 Å². The maximum Gasteiger partial charge on any atom is 0.126 e. The molecule has 0 aliphatic heterocycles. The lowest BCUT2D eigenvalue weighted by atomic mass is 10.0. The molecule has 0 fully saturated rings. The van der Waals surface area contributed by atoms with Crippen molar-refractivity contribution in [2.45, 2.75) is 39.3 Å². The summed E-state index contributed by atoms with van der Waals surface area (Å²) in [6.45, 7) is 1.59. The fraction of sp³-hybridized carbons (Fsp3) is 0.500. The van der Waals surface area contributed by atoms with Crippen LogP contribution in [0.3, 0.4) is 0 Å². The minimum atomic E-state index is -0.513. The number of halogens is 2. The number of aryl methyl sites for hydroxylation is 1. The second-order valence-corrected chi connectivity index (χ2v) is 3.52. The molecule has 14 heavy (non-hydrogen) atoms. The van der Waals surface area contributed by atoms with Crippen LogP contribution in [0.5, 0.6) is 0 Å². The minimum Gasteiger partial charge on any atom is -0.246 e. The van der Waals surface area contributed by atoms with E-state index < -0.39 is 6.67 Å². The van der Waals surface area contributed by atoms with Gasteiger partial charge in [-0.2, -0.15) is 0 Å². The van der Waals surface area contributed by atoms with E-state index in [0.29, 0.717) is 17.5 Å². The van der Waals surface area contributed by atoms with E-state index in [1.54, 1.807) is 6.07 Å². The van der Waals surface area contributed by atoms with Crippen LogP contribution < -0.4 is 0 Å². The van der Waals surface area contributed by atoms with Gasteiger partial charge in [-0.05, 0) is 30.0 Å². The van der Waals surface area contributed by atoms with Crippen molar-refractivity contribution in [2.24, 2.45) is 0 Å². The minimum absolute atomic E-state index is 0.210. The quantitative estimate of drug-likeness (QED) is 0.627. The molecule has 0 aliphatic carbocycles. The summed E-state index contributed by atoms with van der Waals surface area (Å²) in [6, 6.07) is 4.49. The number of unbranched alkanes of at least 4 members (excludes halogenated alkanes) is 2. The highest BCUT2D eigenvalue weighted by molar-refractivity contribution is 5.24. The molecular weight excluding hydrogens is 182 g/mol. The largest absolute Gasteiger partial charge is 0.246 e. The lowest BCUT2D eigenvalue weighted by Gasteiger charge is -2.04. The first-order valence-electron chi connectivity index (χ1n) is 5.11. The van der Waals surface area contributed by atoms with Gasteiger partial charge in [-0.3, -0.25) is 0 Å². The first-order valence-corrected chi connectivity index (χ1v) is 5.11. The lowest BCUT2D eigenvalue weighted by Crippen LogP contribution is -1.93. The Labute approximate surface area is 84.0 Å². The summed E-state index contributed by atoms with van der Waals surface area (Å²) in [5, 5.41) is 0. The van der Waals surface area contributed by atoms with Crippen molar-refractivity contribution in [3.8, 4) is 0 Å². The van der Waals surface area contributed by atoms with E-state index in [-0.39, 0.29) is 5.82 Å². The number of hydrogen-bond acceptors (Lipinski definition) is 0. The van der Waals surface area contributed by atoms with Gasteiger partial charge in [-0.15, -0.1) is 0 Å². The van der Waals surface area contributed by atoms with E-state index in [0.717, 1.165) is 19.3 Å². The Morgan fingerprint density at radius 3 is 2.64 bits per heavy atom. The van der Waals surface area contributed by atoms with Gasteiger partial charge in [0.1, 0.15) is 12.5 Å². The highest BCUT2D eigenvalue weighted by Gasteiger charge is 2.03. The molecule has 0 saturated heterocycles. The molecule has 0 aliphatic rings. The second kappa shape index (κ2) is 5.74. The summed E-state index contributed by atoms with van der Waals surface area (Å²) in [6.07, 6.45) is 3.90. The van der Waals surface area contributed by atoms with Crippen LogP contribution in [0.2, 0.25) is 0 Å². The highest BCUT2D eigenvalue weighted by Crippen LogP contribution is 2.14. The molecule has 1 aromatic carbocycles. The summed E-state index contributed by atoms with van der Waals surface area (Å²) < 4.78 is 25.5. The van der Waals surface area contributed by atoms with Crippen LogP contribution in [0.15, 0.2) is 18.2 Å². The van der Waals surface area contributed by atoms with Gasteiger partial charge in [0.15, 0.2) is 0 Å². The average Bonchev–Trinajstić information content (AvgIpc) is 2.21. The standard InChI is InChI=1S/C12H16F2/c1-2-3-4-5-11-8-10(9-13)6-7-12(11)14/h6-8H,2-5,9H2,1H3. The van der Waals surface area contributed by atoms with Crippen LogP contribution in [-0.4, -0.2) is 0 Å². The fourth-order valence-electron chi connectivity index (χ4n) is 1.47. The molecule has 0 radical (unpaired) electrons. The van der Waals surface area contributed by atoms with Crippen molar-refractivity contribution < 1.29 is 8.78 Å². The molecule has 0 nitrogen and oxygen atoms in total. The van der Waals surface area contributed by atoms with Crippen molar-refractivity contribution in [2.75, 3.05) is 0 Å². The smallest absolute Gasteiger partial charge is 0.126 e. The maximum absolute atomic E-state index is 13.2. The molecule has 1 aromatic rings. The molecular formula is C12H16F2. The van der Waals surface area contributed by atoms with E-state index in [4.69, 9.17) is 0 Å². The Balaban J connectivity index is 2.64. The molecule has 2 heteroatoms. The molecule has 0 atom stereocenters. The second-order valence-electron chi connectivity index (χ2n) is 3.52. The molecule has 0 heterocycles. The molecule has 0 saturated carbocycles. The van der Waals surface area contributed by atoms with Crippen LogP contribution in [0.25, 0.3) is 0 Å². The van der Waals surface area contributed by atoms with Gasteiger partial charge in [0.05, 0.1) is 0 Å². The summed E-state index contributed by atoms with van der Waals surface area (Å²) in [5.41, 5.74) is 1.21. The average molecular weight is 198 g/mol. The van der Waals surface area contributed by atoms with E-state index >= 15 is 0 Å². The van der Waals surface area contributed by atoms with Gasteiger partial charge in [0.25, 0.3) is 0 Å². The van der Waals surface area contributed by atoms with Crippen molar-refractivity contribution in [3.05, 3.63) is 35.1 Å². The van der Waals surface area contributed by atoms with Gasteiger partial charge in [-0.25, -0.2) is 8.78 Å². The predicted molar refractivity (Wildman–Crippen MR) is 54.4 cm³/mol. The summed E-state index contributed by atoms with van der Waals surface area (Å²) in [7, 11) is 0. The Kier molecular flexibility index (Phi) is 4.57. The van der Waals surface area contributed by atoms with Crippen LogP contribution >= 0.6 is 0 Å². The summed E-state index contributed by atoms with van der Waals surface area (Å²) in [5.74, 6) is -0.210. The van der Waals surface area contributed by atoms with E-state index in [1.807, 2.05) is 0 Å². The summed E-state index contributed by atoms with van der Waals surface area (Å²) >= 11 is 0. The Hall–Kier alpha value is -0.920. The molecule has 0 bridgehead atoms. The normalized spacial score (nSPS) is 10.5. The maximum atomic E-state index is 13.2. The Bertz CT molecular complexity index is 282. The van der Waals surface area contributed by atoms with Crippen LogP contribution in [0, 0.1) is 5.82 Å². The molecule has 0 spiro atoms. The molecule has 0 unspecified atom stereocenters. The van der Waals surface area contributed by atoms with Gasteiger partial charge in [0, 0.05) is 0 Å². The van der Waals surface area contributed by atoms with Gasteiger partial charge < -0.3 is 0 Å². The monoisotopic (exact) mass is 198 g/mol.